The second-order valence-electron chi connectivity index (χ2n) is 7.49. The first kappa shape index (κ1) is 17.2. The molecule has 0 unspecified atom stereocenters. The van der Waals surface area contributed by atoms with Gasteiger partial charge in [0.15, 0.2) is 5.82 Å². The van der Waals surface area contributed by atoms with Gasteiger partial charge in [0.05, 0.1) is 11.9 Å². The Morgan fingerprint density at radius 1 is 1.11 bits per heavy atom. The maximum atomic E-state index is 12.4. The molecule has 0 saturated heterocycles. The van der Waals surface area contributed by atoms with Gasteiger partial charge in [-0.1, -0.05) is 44.2 Å². The van der Waals surface area contributed by atoms with Crippen molar-refractivity contribution in [3.05, 3.63) is 60.4 Å². The van der Waals surface area contributed by atoms with Gasteiger partial charge < -0.3 is 5.32 Å². The Morgan fingerprint density at radius 2 is 1.89 bits per heavy atom. The fraction of sp³-hybridized carbons (Fsp3) is 0.300. The quantitative estimate of drug-likeness (QED) is 0.746. The zero-order valence-electron chi connectivity index (χ0n) is 15.5. The summed E-state index contributed by atoms with van der Waals surface area (Å²) in [6, 6.07) is 13.6. The standard InChI is InChI=1S/C20H22N6O/c1-20(2)17(13-7-5-4-6-8-13)18(20)23-19(27)22-16-10-9-15(24-25-16)14-11-21-26(3)12-14/h4-12,17-18H,1-3H3,(H2,22,23,25,27)/t17-,18-/m1/s1. The van der Waals surface area contributed by atoms with E-state index in [1.165, 1.54) is 5.56 Å². The van der Waals surface area contributed by atoms with Crippen LogP contribution in [-0.2, 0) is 7.05 Å². The third-order valence-electron chi connectivity index (χ3n) is 5.18. The lowest BCUT2D eigenvalue weighted by Gasteiger charge is -2.08. The normalized spacial score (nSPS) is 20.1. The second kappa shape index (κ2) is 6.50. The summed E-state index contributed by atoms with van der Waals surface area (Å²) >= 11 is 0. The lowest BCUT2D eigenvalue weighted by Crippen LogP contribution is -2.33. The fourth-order valence-corrected chi connectivity index (χ4v) is 3.59. The molecule has 1 saturated carbocycles. The van der Waals surface area contributed by atoms with E-state index in [1.54, 1.807) is 16.9 Å². The molecule has 1 fully saturated rings. The molecule has 7 heteroatoms. The van der Waals surface area contributed by atoms with Gasteiger partial charge in [-0.3, -0.25) is 10.00 Å². The molecule has 27 heavy (non-hydrogen) atoms. The summed E-state index contributed by atoms with van der Waals surface area (Å²) in [7, 11) is 1.85. The van der Waals surface area contributed by atoms with Crippen molar-refractivity contribution in [2.45, 2.75) is 25.8 Å². The average molecular weight is 362 g/mol. The highest BCUT2D eigenvalue weighted by atomic mass is 16.2. The van der Waals surface area contributed by atoms with E-state index < -0.39 is 0 Å². The van der Waals surface area contributed by atoms with E-state index >= 15 is 0 Å². The van der Waals surface area contributed by atoms with Crippen molar-refractivity contribution in [3.8, 4) is 11.3 Å². The maximum absolute atomic E-state index is 12.4. The first-order valence-corrected chi connectivity index (χ1v) is 8.90. The van der Waals surface area contributed by atoms with Crippen LogP contribution < -0.4 is 10.6 Å². The highest BCUT2D eigenvalue weighted by Crippen LogP contribution is 2.58. The molecule has 1 aliphatic rings. The molecule has 2 N–H and O–H groups in total. The van der Waals surface area contributed by atoms with Crippen molar-refractivity contribution >= 4 is 11.8 Å². The van der Waals surface area contributed by atoms with Crippen LogP contribution in [-0.4, -0.2) is 32.1 Å². The number of carbonyl (C=O) groups is 1. The Balaban J connectivity index is 1.38. The van der Waals surface area contributed by atoms with Crippen molar-refractivity contribution in [3.63, 3.8) is 0 Å². The maximum Gasteiger partial charge on any atom is 0.320 e. The summed E-state index contributed by atoms with van der Waals surface area (Å²) in [5, 5.41) is 18.2. The van der Waals surface area contributed by atoms with E-state index in [0.717, 1.165) is 5.56 Å². The van der Waals surface area contributed by atoms with Crippen LogP contribution in [0.5, 0.6) is 0 Å². The summed E-state index contributed by atoms with van der Waals surface area (Å²) in [4.78, 5) is 12.4. The number of aromatic nitrogens is 4. The highest BCUT2D eigenvalue weighted by molar-refractivity contribution is 5.89. The van der Waals surface area contributed by atoms with Gasteiger partial charge in [0, 0.05) is 30.8 Å². The van der Waals surface area contributed by atoms with Crippen molar-refractivity contribution in [1.29, 1.82) is 0 Å². The van der Waals surface area contributed by atoms with Gasteiger partial charge in [0.1, 0.15) is 0 Å². The molecule has 1 aromatic carbocycles. The van der Waals surface area contributed by atoms with Gasteiger partial charge in [-0.15, -0.1) is 10.2 Å². The summed E-state index contributed by atoms with van der Waals surface area (Å²) in [5.74, 6) is 0.721. The van der Waals surface area contributed by atoms with Crippen LogP contribution in [0.3, 0.4) is 0 Å². The number of aryl methyl sites for hydroxylation is 1. The number of hydrogen-bond donors (Lipinski definition) is 2. The average Bonchev–Trinajstić information content (AvgIpc) is 2.97. The largest absolute Gasteiger partial charge is 0.334 e. The molecule has 3 aromatic rings. The van der Waals surface area contributed by atoms with E-state index in [4.69, 9.17) is 0 Å². The molecule has 2 heterocycles. The number of nitrogens with zero attached hydrogens (tertiary/aromatic N) is 4. The number of amides is 2. The molecule has 1 aliphatic carbocycles. The lowest BCUT2D eigenvalue weighted by molar-refractivity contribution is 0.250. The molecule has 0 spiro atoms. The number of carbonyl (C=O) groups excluding carboxylic acids is 1. The molecule has 0 bridgehead atoms. The molecule has 138 valence electrons. The van der Waals surface area contributed by atoms with E-state index in [2.05, 4.69) is 51.9 Å². The van der Waals surface area contributed by atoms with E-state index in [-0.39, 0.29) is 17.5 Å². The van der Waals surface area contributed by atoms with Crippen LogP contribution in [0.1, 0.15) is 25.3 Å². The van der Waals surface area contributed by atoms with Gasteiger partial charge in [-0.2, -0.15) is 5.10 Å². The SMILES string of the molecule is Cn1cc(-c2ccc(NC(=O)N[C@@H]3[C@@H](c4ccccc4)C3(C)C)nn2)cn1. The predicted octanol–water partition coefficient (Wildman–Crippen LogP) is 3.19. The minimum absolute atomic E-state index is 0.0224. The van der Waals surface area contributed by atoms with Crippen molar-refractivity contribution in [1.82, 2.24) is 25.3 Å². The topological polar surface area (TPSA) is 84.7 Å². The third-order valence-corrected chi connectivity index (χ3v) is 5.18. The van der Waals surface area contributed by atoms with Crippen LogP contribution in [0.4, 0.5) is 10.6 Å². The van der Waals surface area contributed by atoms with Crippen LogP contribution in [0.25, 0.3) is 11.3 Å². The molecular weight excluding hydrogens is 340 g/mol. The highest BCUT2D eigenvalue weighted by Gasteiger charge is 2.59. The predicted molar refractivity (Wildman–Crippen MR) is 103 cm³/mol. The Morgan fingerprint density at radius 3 is 2.52 bits per heavy atom. The smallest absolute Gasteiger partial charge is 0.320 e. The summed E-state index contributed by atoms with van der Waals surface area (Å²) in [5.41, 5.74) is 2.86. The Kier molecular flexibility index (Phi) is 4.14. The van der Waals surface area contributed by atoms with E-state index in [1.807, 2.05) is 37.5 Å². The zero-order valence-corrected chi connectivity index (χ0v) is 15.5. The van der Waals surface area contributed by atoms with Crippen LogP contribution in [0.15, 0.2) is 54.9 Å². The number of anilines is 1. The molecule has 7 nitrogen and oxygen atoms in total. The molecule has 2 aromatic heterocycles. The van der Waals surface area contributed by atoms with Gasteiger partial charge in [-0.25, -0.2) is 4.79 Å². The van der Waals surface area contributed by atoms with Gasteiger partial charge in [0.25, 0.3) is 0 Å². The van der Waals surface area contributed by atoms with Crippen molar-refractivity contribution in [2.75, 3.05) is 5.32 Å². The molecule has 0 aliphatic heterocycles. The van der Waals surface area contributed by atoms with Crippen LogP contribution in [0.2, 0.25) is 0 Å². The molecule has 2 atom stereocenters. The summed E-state index contributed by atoms with van der Waals surface area (Å²) in [6.07, 6.45) is 3.59. The number of benzene rings is 1. The van der Waals surface area contributed by atoms with Crippen LogP contribution in [0, 0.1) is 5.41 Å². The zero-order chi connectivity index (χ0) is 19.0. The molecule has 0 radical (unpaired) electrons. The minimum Gasteiger partial charge on any atom is -0.334 e. The first-order chi connectivity index (χ1) is 12.9. The third kappa shape index (κ3) is 3.40. The van der Waals surface area contributed by atoms with Crippen LogP contribution >= 0.6 is 0 Å². The number of hydrogen-bond acceptors (Lipinski definition) is 4. The Labute approximate surface area is 157 Å². The fourth-order valence-electron chi connectivity index (χ4n) is 3.59. The first-order valence-electron chi connectivity index (χ1n) is 8.90. The van der Waals surface area contributed by atoms with Gasteiger partial charge in [0.2, 0.25) is 0 Å². The summed E-state index contributed by atoms with van der Waals surface area (Å²) < 4.78 is 1.71. The van der Waals surface area contributed by atoms with Crippen molar-refractivity contribution in [2.24, 2.45) is 12.5 Å². The molecule has 4 rings (SSSR count). The Hall–Kier alpha value is -3.22. The second-order valence-corrected chi connectivity index (χ2v) is 7.49. The number of rotatable bonds is 4. The number of nitrogens with one attached hydrogen (secondary N) is 2. The number of urea groups is 1. The van der Waals surface area contributed by atoms with Gasteiger partial charge >= 0.3 is 6.03 Å². The summed E-state index contributed by atoms with van der Waals surface area (Å²) in [6.45, 7) is 4.33. The van der Waals surface area contributed by atoms with E-state index in [9.17, 15) is 4.79 Å². The van der Waals surface area contributed by atoms with Gasteiger partial charge in [-0.05, 0) is 23.1 Å². The monoisotopic (exact) mass is 362 g/mol. The van der Waals surface area contributed by atoms with E-state index in [0.29, 0.717) is 17.4 Å². The lowest BCUT2D eigenvalue weighted by atomic mass is 10.0. The minimum atomic E-state index is -0.269. The molecule has 2 amide bonds. The Bertz CT molecular complexity index is 948. The molecular formula is C20H22N6O. The van der Waals surface area contributed by atoms with Crippen molar-refractivity contribution < 1.29 is 4.79 Å².